The molecule has 0 spiro atoms. The van der Waals surface area contributed by atoms with Gasteiger partial charge < -0.3 is 23.7 Å². The van der Waals surface area contributed by atoms with Gasteiger partial charge in [0.15, 0.2) is 17.0 Å². The lowest BCUT2D eigenvalue weighted by Gasteiger charge is -2.02. The van der Waals surface area contributed by atoms with Crippen molar-refractivity contribution in [2.24, 2.45) is 0 Å². The lowest BCUT2D eigenvalue weighted by molar-refractivity contribution is -0.390. The molecule has 0 saturated carbocycles. The minimum absolute atomic E-state index is 0.0213. The van der Waals surface area contributed by atoms with Gasteiger partial charge >= 0.3 is 5.82 Å². The van der Waals surface area contributed by atoms with Crippen LogP contribution in [0.15, 0.2) is 44.0 Å². The zero-order valence-corrected chi connectivity index (χ0v) is 12.4. The summed E-state index contributed by atoms with van der Waals surface area (Å²) in [7, 11) is 0. The first-order chi connectivity index (χ1) is 10.6. The third kappa shape index (κ3) is 2.96. The van der Waals surface area contributed by atoms with Crippen molar-refractivity contribution in [2.75, 3.05) is 0 Å². The van der Waals surface area contributed by atoms with Crippen LogP contribution in [0.5, 0.6) is 5.75 Å². The number of hydrogen-bond acceptors (Lipinski definition) is 8. The largest absolute Gasteiger partial charge is 0.476 e. The fourth-order valence-electron chi connectivity index (χ4n) is 1.61. The predicted molar refractivity (Wildman–Crippen MR) is 74.9 cm³/mol. The molecule has 0 N–H and O–H groups in total. The number of ether oxygens (including phenoxy) is 1. The smallest absolute Gasteiger partial charge is 0.406 e. The highest BCUT2D eigenvalue weighted by atomic mass is 79.9. The van der Waals surface area contributed by atoms with Crippen LogP contribution in [0.25, 0.3) is 11.7 Å². The first kappa shape index (κ1) is 14.2. The molecule has 0 aliphatic heterocycles. The van der Waals surface area contributed by atoms with E-state index in [1.165, 1.54) is 18.3 Å². The fourth-order valence-corrected chi connectivity index (χ4v) is 1.92. The number of hydrogen-bond donors (Lipinski definition) is 0. The summed E-state index contributed by atoms with van der Waals surface area (Å²) in [4.78, 5) is 13.8. The summed E-state index contributed by atoms with van der Waals surface area (Å²) < 4.78 is 16.5. The van der Waals surface area contributed by atoms with Crippen LogP contribution in [0.4, 0.5) is 5.82 Å². The first-order valence-corrected chi connectivity index (χ1v) is 6.73. The highest BCUT2D eigenvalue weighted by Crippen LogP contribution is 2.26. The van der Waals surface area contributed by atoms with Crippen LogP contribution in [-0.4, -0.2) is 20.1 Å². The van der Waals surface area contributed by atoms with Crippen molar-refractivity contribution in [1.29, 1.82) is 0 Å². The molecule has 0 atom stereocenters. The molecule has 0 aliphatic carbocycles. The van der Waals surface area contributed by atoms with E-state index in [0.717, 1.165) is 0 Å². The maximum atomic E-state index is 10.8. The Morgan fingerprint density at radius 2 is 2.14 bits per heavy atom. The van der Waals surface area contributed by atoms with Gasteiger partial charge in [-0.1, -0.05) is 0 Å². The molecule has 0 bridgehead atoms. The van der Waals surface area contributed by atoms with Crippen molar-refractivity contribution in [3.05, 3.63) is 51.1 Å². The molecule has 3 aromatic heterocycles. The number of halogens is 1. The minimum atomic E-state index is -0.630. The van der Waals surface area contributed by atoms with Crippen molar-refractivity contribution in [3.63, 3.8) is 0 Å². The molecule has 0 unspecified atom stereocenters. The Morgan fingerprint density at radius 3 is 2.86 bits per heavy atom. The molecule has 22 heavy (non-hydrogen) atoms. The molecule has 112 valence electrons. The van der Waals surface area contributed by atoms with Gasteiger partial charge in [-0.2, -0.15) is 0 Å². The van der Waals surface area contributed by atoms with Crippen molar-refractivity contribution in [1.82, 2.24) is 15.2 Å². The number of nitro groups is 1. The van der Waals surface area contributed by atoms with Gasteiger partial charge in [0.2, 0.25) is 5.75 Å². The lowest BCUT2D eigenvalue weighted by atomic mass is 10.4. The summed E-state index contributed by atoms with van der Waals surface area (Å²) in [5.41, 5.74) is 0. The zero-order valence-electron chi connectivity index (χ0n) is 10.8. The third-order valence-electron chi connectivity index (χ3n) is 2.53. The Hall–Kier alpha value is -2.75. The highest BCUT2D eigenvalue weighted by Gasteiger charge is 2.17. The second kappa shape index (κ2) is 5.93. The Kier molecular flexibility index (Phi) is 3.83. The maximum Gasteiger partial charge on any atom is 0.406 e. The van der Waals surface area contributed by atoms with E-state index in [9.17, 15) is 10.1 Å². The summed E-state index contributed by atoms with van der Waals surface area (Å²) >= 11 is 3.17. The summed E-state index contributed by atoms with van der Waals surface area (Å²) in [6.45, 7) is -0.124. The van der Waals surface area contributed by atoms with E-state index >= 15 is 0 Å². The number of aromatic nitrogens is 3. The second-order valence-electron chi connectivity index (χ2n) is 3.98. The monoisotopic (exact) mass is 366 g/mol. The van der Waals surface area contributed by atoms with Crippen LogP contribution >= 0.6 is 15.9 Å². The van der Waals surface area contributed by atoms with E-state index in [1.54, 1.807) is 12.1 Å². The van der Waals surface area contributed by atoms with E-state index in [1.807, 2.05) is 0 Å². The van der Waals surface area contributed by atoms with Crippen molar-refractivity contribution >= 4 is 21.7 Å². The van der Waals surface area contributed by atoms with Crippen LogP contribution in [0, 0.1) is 10.1 Å². The zero-order chi connectivity index (χ0) is 15.5. The number of furan rings is 1. The van der Waals surface area contributed by atoms with E-state index in [-0.39, 0.29) is 30.0 Å². The predicted octanol–water partition coefficient (Wildman–Crippen LogP) is 2.97. The molecule has 0 radical (unpaired) electrons. The van der Waals surface area contributed by atoms with Gasteiger partial charge in [0.1, 0.15) is 6.20 Å². The maximum absolute atomic E-state index is 10.8. The minimum Gasteiger partial charge on any atom is -0.476 e. The van der Waals surface area contributed by atoms with Crippen LogP contribution in [0.1, 0.15) is 5.89 Å². The van der Waals surface area contributed by atoms with Crippen molar-refractivity contribution in [3.8, 4) is 17.4 Å². The van der Waals surface area contributed by atoms with Gasteiger partial charge in [0.25, 0.3) is 11.8 Å². The molecule has 9 nitrogen and oxygen atoms in total. The average Bonchev–Trinajstić information content (AvgIpc) is 3.14. The van der Waals surface area contributed by atoms with Gasteiger partial charge in [-0.25, -0.2) is 0 Å². The molecule has 3 rings (SSSR count). The van der Waals surface area contributed by atoms with Gasteiger partial charge in [-0.3, -0.25) is 0 Å². The third-order valence-corrected chi connectivity index (χ3v) is 2.95. The number of rotatable bonds is 5. The molecule has 0 aliphatic rings. The molecule has 0 saturated heterocycles. The van der Waals surface area contributed by atoms with Crippen LogP contribution in [0.3, 0.4) is 0 Å². The number of pyridine rings is 1. The molecule has 3 aromatic rings. The summed E-state index contributed by atoms with van der Waals surface area (Å²) in [5, 5.41) is 18.4. The second-order valence-corrected chi connectivity index (χ2v) is 4.76. The normalized spacial score (nSPS) is 10.6. The van der Waals surface area contributed by atoms with Crippen LogP contribution < -0.4 is 4.74 Å². The molecular weight excluding hydrogens is 360 g/mol. The summed E-state index contributed by atoms with van der Waals surface area (Å²) in [6, 6.07) is 6.32. The van der Waals surface area contributed by atoms with Crippen molar-refractivity contribution < 1.29 is 18.5 Å². The molecule has 0 aromatic carbocycles. The van der Waals surface area contributed by atoms with Crippen LogP contribution in [0.2, 0.25) is 0 Å². The van der Waals surface area contributed by atoms with Gasteiger partial charge in [0, 0.05) is 0 Å². The molecule has 10 heteroatoms. The quantitative estimate of drug-likeness (QED) is 0.499. The van der Waals surface area contributed by atoms with E-state index < -0.39 is 4.92 Å². The Labute approximate surface area is 131 Å². The lowest BCUT2D eigenvalue weighted by Crippen LogP contribution is -2.00. The molecule has 0 amide bonds. The fraction of sp³-hybridized carbons (Fsp3) is 0.0833. The van der Waals surface area contributed by atoms with Gasteiger partial charge in [0.05, 0.1) is 0 Å². The van der Waals surface area contributed by atoms with Crippen LogP contribution in [-0.2, 0) is 6.61 Å². The molecule has 3 heterocycles. The van der Waals surface area contributed by atoms with E-state index in [0.29, 0.717) is 10.4 Å². The van der Waals surface area contributed by atoms with E-state index in [4.69, 9.17) is 13.6 Å². The highest BCUT2D eigenvalue weighted by molar-refractivity contribution is 9.10. The molecular formula is C12H7BrN4O5. The Balaban J connectivity index is 1.73. The standard InChI is InChI=1S/C12H7BrN4O5/c13-9-4-3-8(21-9)12-16-15-10(22-12)6-20-7-2-1-5-14-11(7)17(18)19/h1-5H,6H2. The van der Waals surface area contributed by atoms with Gasteiger partial charge in [-0.05, 0) is 50.1 Å². The van der Waals surface area contributed by atoms with Crippen molar-refractivity contribution in [2.45, 2.75) is 6.61 Å². The number of nitrogens with zero attached hydrogens (tertiary/aromatic N) is 4. The Bertz CT molecular complexity index is 815. The van der Waals surface area contributed by atoms with Gasteiger partial charge in [-0.15, -0.1) is 10.2 Å². The summed E-state index contributed by atoms with van der Waals surface area (Å²) in [5.74, 6) is 0.383. The molecule has 0 fully saturated rings. The topological polar surface area (TPSA) is 117 Å². The average molecular weight is 367 g/mol. The first-order valence-electron chi connectivity index (χ1n) is 5.94. The SMILES string of the molecule is O=[N+]([O-])c1ncccc1OCc1nnc(-c2ccc(Br)o2)o1. The summed E-state index contributed by atoms with van der Waals surface area (Å²) in [6.07, 6.45) is 1.31. The van der Waals surface area contributed by atoms with E-state index in [2.05, 4.69) is 31.1 Å². The Morgan fingerprint density at radius 1 is 1.27 bits per heavy atom.